The van der Waals surface area contributed by atoms with Crippen molar-refractivity contribution in [1.82, 2.24) is 10.2 Å². The van der Waals surface area contributed by atoms with E-state index in [2.05, 4.69) is 10.1 Å². The first-order valence-electron chi connectivity index (χ1n) is 9.05. The Morgan fingerprint density at radius 3 is 2.11 bits per heavy atom. The number of carbonyl (C=O) groups excluding carboxylic acids is 2. The smallest absolute Gasteiger partial charge is 0.325 e. The Morgan fingerprint density at radius 2 is 1.68 bits per heavy atom. The highest BCUT2D eigenvalue weighted by molar-refractivity contribution is 7.80. The molecule has 0 unspecified atom stereocenters. The van der Waals surface area contributed by atoms with Crippen molar-refractivity contribution in [3.8, 4) is 5.75 Å². The lowest BCUT2D eigenvalue weighted by Gasteiger charge is -2.28. The second-order valence-corrected chi connectivity index (χ2v) is 9.31. The SMILES string of the molecule is COC(=O)CN1C(=O)/C(=C/c2cc(C(C)(C)C)c(O)c(C(C)(C)C)c2)NC1=S. The van der Waals surface area contributed by atoms with Crippen LogP contribution in [0.25, 0.3) is 6.08 Å². The van der Waals surface area contributed by atoms with Crippen molar-refractivity contribution < 1.29 is 19.4 Å². The van der Waals surface area contributed by atoms with Crippen LogP contribution in [0.1, 0.15) is 58.2 Å². The van der Waals surface area contributed by atoms with E-state index in [1.807, 2.05) is 53.7 Å². The molecule has 0 radical (unpaired) electrons. The molecule has 0 atom stereocenters. The van der Waals surface area contributed by atoms with Crippen LogP contribution in [0.5, 0.6) is 5.75 Å². The van der Waals surface area contributed by atoms with Crippen LogP contribution < -0.4 is 5.32 Å². The van der Waals surface area contributed by atoms with Crippen LogP contribution in [0.3, 0.4) is 0 Å². The van der Waals surface area contributed by atoms with Crippen molar-refractivity contribution in [2.75, 3.05) is 13.7 Å². The number of phenolic OH excluding ortho intramolecular Hbond substituents is 1. The molecule has 28 heavy (non-hydrogen) atoms. The Hall–Kier alpha value is -2.41. The van der Waals surface area contributed by atoms with Gasteiger partial charge in [0, 0.05) is 11.1 Å². The highest BCUT2D eigenvalue weighted by Crippen LogP contribution is 2.40. The number of nitrogens with one attached hydrogen (secondary N) is 1. The predicted molar refractivity (Wildman–Crippen MR) is 113 cm³/mol. The van der Waals surface area contributed by atoms with Gasteiger partial charge in [0.1, 0.15) is 18.0 Å². The zero-order valence-electron chi connectivity index (χ0n) is 17.5. The van der Waals surface area contributed by atoms with Crippen molar-refractivity contribution in [2.24, 2.45) is 0 Å². The van der Waals surface area contributed by atoms with Gasteiger partial charge < -0.3 is 15.2 Å². The molecule has 1 fully saturated rings. The first-order chi connectivity index (χ1) is 12.8. The fourth-order valence-electron chi connectivity index (χ4n) is 2.96. The molecule has 1 saturated heterocycles. The Labute approximate surface area is 171 Å². The molecule has 152 valence electrons. The number of ether oxygens (including phenoxy) is 1. The van der Waals surface area contributed by atoms with Crippen LogP contribution in [-0.4, -0.2) is 40.6 Å². The second-order valence-electron chi connectivity index (χ2n) is 8.92. The minimum absolute atomic E-state index is 0.160. The number of aromatic hydroxyl groups is 1. The summed E-state index contributed by atoms with van der Waals surface area (Å²) in [7, 11) is 1.26. The van der Waals surface area contributed by atoms with Gasteiger partial charge >= 0.3 is 5.97 Å². The molecule has 1 aliphatic rings. The van der Waals surface area contributed by atoms with E-state index in [1.165, 1.54) is 12.0 Å². The number of amides is 1. The van der Waals surface area contributed by atoms with Crippen molar-refractivity contribution in [2.45, 2.75) is 52.4 Å². The van der Waals surface area contributed by atoms with Crippen LogP contribution >= 0.6 is 12.2 Å². The molecule has 0 aliphatic carbocycles. The number of esters is 1. The van der Waals surface area contributed by atoms with Crippen LogP contribution in [-0.2, 0) is 25.2 Å². The summed E-state index contributed by atoms with van der Waals surface area (Å²) >= 11 is 5.17. The monoisotopic (exact) mass is 404 g/mol. The zero-order chi connectivity index (χ0) is 21.4. The third-order valence-corrected chi connectivity index (χ3v) is 4.86. The minimum atomic E-state index is -0.548. The van der Waals surface area contributed by atoms with Crippen LogP contribution in [0.2, 0.25) is 0 Å². The van der Waals surface area contributed by atoms with Gasteiger partial charge in [-0.15, -0.1) is 0 Å². The van der Waals surface area contributed by atoms with Gasteiger partial charge in [-0.25, -0.2) is 0 Å². The van der Waals surface area contributed by atoms with Crippen LogP contribution in [0.15, 0.2) is 17.8 Å². The number of benzene rings is 1. The molecule has 0 bridgehead atoms. The van der Waals surface area contributed by atoms with E-state index in [9.17, 15) is 14.7 Å². The number of phenols is 1. The number of thiocarbonyl (C=S) groups is 1. The summed E-state index contributed by atoms with van der Waals surface area (Å²) in [6, 6.07) is 3.75. The van der Waals surface area contributed by atoms with Crippen molar-refractivity contribution >= 4 is 35.3 Å². The van der Waals surface area contributed by atoms with E-state index in [0.29, 0.717) is 0 Å². The molecule has 1 aliphatic heterocycles. The molecule has 1 amide bonds. The zero-order valence-corrected chi connectivity index (χ0v) is 18.3. The van der Waals surface area contributed by atoms with Crippen LogP contribution in [0.4, 0.5) is 0 Å². The van der Waals surface area contributed by atoms with E-state index in [1.54, 1.807) is 6.08 Å². The second kappa shape index (κ2) is 7.54. The summed E-state index contributed by atoms with van der Waals surface area (Å²) in [5.74, 6) is -0.665. The summed E-state index contributed by atoms with van der Waals surface area (Å²) < 4.78 is 4.61. The lowest BCUT2D eigenvalue weighted by atomic mass is 9.78. The van der Waals surface area contributed by atoms with Crippen molar-refractivity contribution in [1.29, 1.82) is 0 Å². The van der Waals surface area contributed by atoms with Gasteiger partial charge in [-0.05, 0) is 46.8 Å². The van der Waals surface area contributed by atoms with Gasteiger partial charge in [0.15, 0.2) is 5.11 Å². The highest BCUT2D eigenvalue weighted by Gasteiger charge is 2.33. The molecule has 6 nitrogen and oxygen atoms in total. The number of methoxy groups -OCH3 is 1. The van der Waals surface area contributed by atoms with Gasteiger partial charge in [-0.1, -0.05) is 41.5 Å². The Bertz CT molecular complexity index is 825. The maximum Gasteiger partial charge on any atom is 0.325 e. The number of hydrogen-bond donors (Lipinski definition) is 2. The first kappa shape index (κ1) is 21.9. The van der Waals surface area contributed by atoms with Gasteiger partial charge in [0.25, 0.3) is 5.91 Å². The lowest BCUT2D eigenvalue weighted by Crippen LogP contribution is -2.35. The van der Waals surface area contributed by atoms with E-state index in [0.717, 1.165) is 16.7 Å². The number of carbonyl (C=O) groups is 2. The number of hydrogen-bond acceptors (Lipinski definition) is 5. The molecule has 1 aromatic rings. The van der Waals surface area contributed by atoms with E-state index < -0.39 is 11.9 Å². The average Bonchev–Trinajstić information content (AvgIpc) is 2.81. The molecular formula is C21H28N2O4S. The molecule has 2 N–H and O–H groups in total. The number of nitrogens with zero attached hydrogens (tertiary/aromatic N) is 1. The summed E-state index contributed by atoms with van der Waals surface area (Å²) in [5, 5.41) is 13.8. The van der Waals surface area contributed by atoms with Crippen molar-refractivity contribution in [3.63, 3.8) is 0 Å². The predicted octanol–water partition coefficient (Wildman–Crippen LogP) is 3.22. The van der Waals surface area contributed by atoms with Gasteiger partial charge in [0.05, 0.1) is 7.11 Å². The fraction of sp³-hybridized carbons (Fsp3) is 0.476. The third-order valence-electron chi connectivity index (χ3n) is 4.54. The van der Waals surface area contributed by atoms with Gasteiger partial charge in [-0.2, -0.15) is 0 Å². The normalized spacial score (nSPS) is 16.5. The summed E-state index contributed by atoms with van der Waals surface area (Å²) in [5.41, 5.74) is 2.08. The Balaban J connectivity index is 2.52. The topological polar surface area (TPSA) is 78.9 Å². The Kier molecular flexibility index (Phi) is 5.90. The van der Waals surface area contributed by atoms with Gasteiger partial charge in [-0.3, -0.25) is 14.5 Å². The van der Waals surface area contributed by atoms with Gasteiger partial charge in [0.2, 0.25) is 0 Å². The molecule has 7 heteroatoms. The molecule has 1 aromatic carbocycles. The maximum absolute atomic E-state index is 12.7. The Morgan fingerprint density at radius 1 is 1.18 bits per heavy atom. The molecule has 0 aromatic heterocycles. The van der Waals surface area contributed by atoms with E-state index in [-0.39, 0.29) is 33.9 Å². The highest BCUT2D eigenvalue weighted by atomic mass is 32.1. The molecule has 1 heterocycles. The summed E-state index contributed by atoms with van der Waals surface area (Å²) in [6.45, 7) is 11.9. The van der Waals surface area contributed by atoms with E-state index in [4.69, 9.17) is 12.2 Å². The minimum Gasteiger partial charge on any atom is -0.507 e. The summed E-state index contributed by atoms with van der Waals surface area (Å²) in [4.78, 5) is 25.3. The number of rotatable bonds is 3. The third kappa shape index (κ3) is 4.52. The molecule has 2 rings (SSSR count). The molecule has 0 saturated carbocycles. The standard InChI is InChI=1S/C21H28N2O4S/c1-20(2,3)13-8-12(9-14(17(13)25)21(4,5)6)10-15-18(26)23(19(28)22-15)11-16(24)27-7/h8-10,25H,11H2,1-7H3,(H,22,28)/b15-10-. The molecular weight excluding hydrogens is 376 g/mol. The first-order valence-corrected chi connectivity index (χ1v) is 9.46. The van der Waals surface area contributed by atoms with Crippen molar-refractivity contribution in [3.05, 3.63) is 34.5 Å². The van der Waals surface area contributed by atoms with Crippen LogP contribution in [0, 0.1) is 0 Å². The lowest BCUT2D eigenvalue weighted by molar-refractivity contribution is -0.143. The summed E-state index contributed by atoms with van der Waals surface area (Å²) in [6.07, 6.45) is 1.69. The molecule has 0 spiro atoms. The fourth-order valence-corrected chi connectivity index (χ4v) is 3.22. The largest absolute Gasteiger partial charge is 0.507 e. The van der Waals surface area contributed by atoms with E-state index >= 15 is 0 Å². The quantitative estimate of drug-likeness (QED) is 0.458. The maximum atomic E-state index is 12.7. The average molecular weight is 405 g/mol.